The summed E-state index contributed by atoms with van der Waals surface area (Å²) in [6.07, 6.45) is 18.6. The van der Waals surface area contributed by atoms with E-state index in [2.05, 4.69) is 44.1 Å². The summed E-state index contributed by atoms with van der Waals surface area (Å²) < 4.78 is 44.4. The largest absolute Gasteiger partial charge is 0.388 e. The van der Waals surface area contributed by atoms with Gasteiger partial charge >= 0.3 is 0 Å². The lowest BCUT2D eigenvalue weighted by atomic mass is 9.99. The van der Waals surface area contributed by atoms with Crippen molar-refractivity contribution in [3.63, 3.8) is 0 Å². The second-order valence-corrected chi connectivity index (χ2v) is 11.2. The summed E-state index contributed by atoms with van der Waals surface area (Å²) in [5.41, 5.74) is 6.70. The van der Waals surface area contributed by atoms with Crippen LogP contribution >= 0.6 is 0 Å². The number of likely N-dealkylation sites (N-methyl/N-ethyl adjacent to an activating group) is 1. The van der Waals surface area contributed by atoms with Gasteiger partial charge in [-0.1, -0.05) is 37.6 Å². The van der Waals surface area contributed by atoms with Gasteiger partial charge in [-0.25, -0.2) is 27.8 Å². The number of carbonyl (C=O) groups excluding carboxylic acids is 1. The van der Waals surface area contributed by atoms with Crippen molar-refractivity contribution in [3.8, 4) is 22.5 Å². The molecule has 2 aliphatic heterocycles. The van der Waals surface area contributed by atoms with Gasteiger partial charge in [0, 0.05) is 42.8 Å². The maximum atomic E-state index is 14.6. The summed E-state index contributed by atoms with van der Waals surface area (Å²) >= 11 is 0. The molecule has 0 radical (unpaired) electrons. The summed E-state index contributed by atoms with van der Waals surface area (Å²) in [6, 6.07) is 8.94. The third-order valence-electron chi connectivity index (χ3n) is 8.21. The van der Waals surface area contributed by atoms with Gasteiger partial charge in [0.15, 0.2) is 0 Å². The second-order valence-electron chi connectivity index (χ2n) is 11.2. The van der Waals surface area contributed by atoms with E-state index in [1.54, 1.807) is 22.5 Å². The molecule has 0 saturated heterocycles. The molecule has 11 heteroatoms. The summed E-state index contributed by atoms with van der Waals surface area (Å²) in [6.45, 7) is 6.16. The molecule has 2 aromatic heterocycles. The Morgan fingerprint density at radius 1 is 1.00 bits per heavy atom. The highest BCUT2D eigenvalue weighted by molar-refractivity contribution is 6.05. The zero-order chi connectivity index (χ0) is 34.8. The predicted molar refractivity (Wildman–Crippen MR) is 188 cm³/mol. The molecule has 0 atom stereocenters. The van der Waals surface area contributed by atoms with Crippen molar-refractivity contribution < 1.29 is 18.0 Å². The molecule has 254 valence electrons. The number of carbonyl (C=O) groups is 1. The van der Waals surface area contributed by atoms with E-state index in [9.17, 15) is 18.0 Å². The molecule has 0 bridgehead atoms. The first-order chi connectivity index (χ1) is 23.9. The van der Waals surface area contributed by atoms with Gasteiger partial charge in [-0.05, 0) is 92.8 Å². The maximum Gasteiger partial charge on any atom is 0.261 e. The normalized spacial score (nSPS) is 14.9. The molecule has 1 amide bonds. The van der Waals surface area contributed by atoms with E-state index in [1.807, 2.05) is 33.2 Å². The van der Waals surface area contributed by atoms with Gasteiger partial charge < -0.3 is 16.0 Å². The molecule has 49 heavy (non-hydrogen) atoms. The second kappa shape index (κ2) is 16.7. The van der Waals surface area contributed by atoms with E-state index in [4.69, 9.17) is 5.10 Å². The van der Waals surface area contributed by atoms with Gasteiger partial charge in [-0.15, -0.1) is 0 Å². The van der Waals surface area contributed by atoms with Crippen LogP contribution in [0.5, 0.6) is 0 Å². The fourth-order valence-electron chi connectivity index (χ4n) is 5.83. The molecule has 0 fully saturated rings. The quantitative estimate of drug-likeness (QED) is 0.201. The molecular weight excluding hydrogens is 627 g/mol. The van der Waals surface area contributed by atoms with Gasteiger partial charge in [0.25, 0.3) is 5.91 Å². The van der Waals surface area contributed by atoms with Crippen LogP contribution < -0.4 is 16.0 Å². The SMILES string of the molecule is CC.CNC1=CC2=C(CC=C1)CCNC2.O=C(Nc1cc(-c2nn3c(c2-c2ccncn2)CCCC=C3)ccc1F)c1c(F)cccc1F. The number of nitrogens with zero attached hydrogens (tertiary/aromatic N) is 4. The van der Waals surface area contributed by atoms with Gasteiger partial charge in [-0.3, -0.25) is 4.79 Å². The summed E-state index contributed by atoms with van der Waals surface area (Å²) in [5, 5.41) is 13.6. The van der Waals surface area contributed by atoms with Crippen molar-refractivity contribution in [1.82, 2.24) is 30.4 Å². The molecule has 4 heterocycles. The highest BCUT2D eigenvalue weighted by atomic mass is 19.1. The van der Waals surface area contributed by atoms with Crippen LogP contribution in [-0.4, -0.2) is 45.8 Å². The molecule has 0 unspecified atom stereocenters. The molecule has 7 rings (SSSR count). The molecule has 4 aromatic rings. The zero-order valence-corrected chi connectivity index (χ0v) is 27.9. The van der Waals surface area contributed by atoms with Crippen LogP contribution in [0.15, 0.2) is 96.1 Å². The highest BCUT2D eigenvalue weighted by Crippen LogP contribution is 2.37. The first-order valence-electron chi connectivity index (χ1n) is 16.5. The Morgan fingerprint density at radius 2 is 1.82 bits per heavy atom. The van der Waals surface area contributed by atoms with Crippen molar-refractivity contribution in [3.05, 3.63) is 125 Å². The summed E-state index contributed by atoms with van der Waals surface area (Å²) in [7, 11) is 1.97. The highest BCUT2D eigenvalue weighted by Gasteiger charge is 2.24. The van der Waals surface area contributed by atoms with E-state index in [-0.39, 0.29) is 5.69 Å². The van der Waals surface area contributed by atoms with Gasteiger partial charge in [0.2, 0.25) is 0 Å². The minimum absolute atomic E-state index is 0.225. The Bertz CT molecular complexity index is 1890. The minimum Gasteiger partial charge on any atom is -0.388 e. The molecule has 0 saturated carbocycles. The zero-order valence-electron chi connectivity index (χ0n) is 27.9. The third kappa shape index (κ3) is 8.24. The van der Waals surface area contributed by atoms with Gasteiger partial charge in [0.05, 0.1) is 17.1 Å². The van der Waals surface area contributed by atoms with Crippen LogP contribution in [0.25, 0.3) is 28.7 Å². The number of aromatic nitrogens is 4. The van der Waals surface area contributed by atoms with Crippen LogP contribution in [0.4, 0.5) is 18.9 Å². The topological polar surface area (TPSA) is 96.8 Å². The fourth-order valence-corrected chi connectivity index (χ4v) is 5.83. The Kier molecular flexibility index (Phi) is 11.9. The molecule has 8 nitrogen and oxygen atoms in total. The van der Waals surface area contributed by atoms with Crippen LogP contribution in [-0.2, 0) is 6.42 Å². The molecular formula is C38H40F3N7O. The predicted octanol–water partition coefficient (Wildman–Crippen LogP) is 7.85. The average molecular weight is 668 g/mol. The number of hydrogen-bond acceptors (Lipinski definition) is 6. The van der Waals surface area contributed by atoms with Gasteiger partial charge in [0.1, 0.15) is 35.0 Å². The number of fused-ring (bicyclic) bond motifs is 1. The average Bonchev–Trinajstić information content (AvgIpc) is 3.24. The first kappa shape index (κ1) is 35.0. The Labute approximate surface area is 284 Å². The minimum atomic E-state index is -1.09. The van der Waals surface area contributed by atoms with Crippen LogP contribution in [0.1, 0.15) is 55.6 Å². The van der Waals surface area contributed by atoms with E-state index in [0.29, 0.717) is 17.0 Å². The molecule has 3 aliphatic rings. The Hall–Kier alpha value is -5.29. The van der Waals surface area contributed by atoms with E-state index in [1.165, 1.54) is 42.2 Å². The lowest BCUT2D eigenvalue weighted by molar-refractivity contribution is 0.101. The fraction of sp³-hybridized carbons (Fsp3) is 0.263. The number of hydrogen-bond donors (Lipinski definition) is 3. The van der Waals surface area contributed by atoms with Crippen molar-refractivity contribution in [1.29, 1.82) is 0 Å². The number of rotatable bonds is 5. The van der Waals surface area contributed by atoms with Crippen LogP contribution in [0, 0.1) is 17.5 Å². The molecule has 0 spiro atoms. The smallest absolute Gasteiger partial charge is 0.261 e. The third-order valence-corrected chi connectivity index (χ3v) is 8.21. The number of halogens is 3. The van der Waals surface area contributed by atoms with Crippen molar-refractivity contribution in [2.45, 2.75) is 46.0 Å². The van der Waals surface area contributed by atoms with Crippen LogP contribution in [0.3, 0.4) is 0 Å². The number of allylic oxidation sites excluding steroid dienone is 3. The van der Waals surface area contributed by atoms with E-state index in [0.717, 1.165) is 68.2 Å². The summed E-state index contributed by atoms with van der Waals surface area (Å²) in [5.74, 6) is -3.92. The number of nitrogens with one attached hydrogen (secondary N) is 3. The number of anilines is 1. The summed E-state index contributed by atoms with van der Waals surface area (Å²) in [4.78, 5) is 20.9. The first-order valence-corrected chi connectivity index (χ1v) is 16.5. The Morgan fingerprint density at radius 3 is 2.57 bits per heavy atom. The van der Waals surface area contributed by atoms with Crippen molar-refractivity contribution >= 4 is 17.8 Å². The monoisotopic (exact) mass is 667 g/mol. The van der Waals surface area contributed by atoms with E-state index >= 15 is 0 Å². The van der Waals surface area contributed by atoms with E-state index < -0.39 is 28.9 Å². The van der Waals surface area contributed by atoms with Crippen molar-refractivity contribution in [2.75, 3.05) is 25.5 Å². The van der Waals surface area contributed by atoms with Crippen LogP contribution in [0.2, 0.25) is 0 Å². The molecule has 2 aromatic carbocycles. The molecule has 1 aliphatic carbocycles. The maximum absolute atomic E-state index is 14.6. The number of benzene rings is 2. The number of amides is 1. The molecule has 3 N–H and O–H groups in total. The Balaban J connectivity index is 0.000000260. The lowest BCUT2D eigenvalue weighted by Gasteiger charge is -2.17. The van der Waals surface area contributed by atoms with Crippen molar-refractivity contribution in [2.24, 2.45) is 0 Å². The lowest BCUT2D eigenvalue weighted by Crippen LogP contribution is -2.24. The standard InChI is InChI=1S/C25H18F3N5O.C11H16N2.C2H6/c26-16-9-8-15(13-20(16)31-25(34)22-17(27)5-4-6-18(22)28)24-23(19-10-11-29-14-30-19)21-7-2-1-3-12-33(21)32-24;1-12-11-4-2-3-9-5-6-13-8-10(9)7-11;1-2/h3-6,8-14H,1-2,7H2,(H,31,34);2,4,7,12-13H,3,5-6,8H2,1H3;1-2H3. The van der Waals surface area contributed by atoms with Gasteiger partial charge in [-0.2, -0.15) is 5.10 Å².